The Morgan fingerprint density at radius 2 is 2.11 bits per heavy atom. The minimum Gasteiger partial charge on any atom is -0.370 e. The van der Waals surface area contributed by atoms with Gasteiger partial charge in [0.1, 0.15) is 11.6 Å². The van der Waals surface area contributed by atoms with E-state index in [1.165, 1.54) is 0 Å². The zero-order valence-corrected chi connectivity index (χ0v) is 12.0. The second kappa shape index (κ2) is 5.82. The highest BCUT2D eigenvalue weighted by molar-refractivity contribution is 5.61. The molecule has 0 unspecified atom stereocenters. The lowest BCUT2D eigenvalue weighted by molar-refractivity contribution is 0.767. The van der Waals surface area contributed by atoms with Crippen molar-refractivity contribution in [3.05, 3.63) is 24.3 Å². The second-order valence-corrected chi connectivity index (χ2v) is 4.98. The highest BCUT2D eigenvalue weighted by atomic mass is 15.2. The number of nitrogens with zero attached hydrogens (tertiary/aromatic N) is 4. The van der Waals surface area contributed by atoms with E-state index >= 15 is 0 Å². The van der Waals surface area contributed by atoms with Gasteiger partial charge >= 0.3 is 0 Å². The molecule has 1 N–H and O–H groups in total. The molecule has 0 atom stereocenters. The van der Waals surface area contributed by atoms with E-state index in [4.69, 9.17) is 0 Å². The molecule has 0 aliphatic carbocycles. The average molecular weight is 259 g/mol. The summed E-state index contributed by atoms with van der Waals surface area (Å²) in [5.74, 6) is 2.05. The smallest absolute Gasteiger partial charge is 0.133 e. The van der Waals surface area contributed by atoms with E-state index in [1.54, 1.807) is 4.68 Å². The molecule has 2 aromatic rings. The molecule has 0 spiro atoms. The summed E-state index contributed by atoms with van der Waals surface area (Å²) in [6.07, 6.45) is 4.87. The van der Waals surface area contributed by atoms with Crippen LogP contribution in [0.4, 0.5) is 5.82 Å². The third-order valence-corrected chi connectivity index (χ3v) is 2.82. The summed E-state index contributed by atoms with van der Waals surface area (Å²) in [5, 5.41) is 7.52. The van der Waals surface area contributed by atoms with Crippen LogP contribution in [0, 0.1) is 0 Å². The Bertz CT molecular complexity index is 545. The average Bonchev–Trinajstić information content (AvgIpc) is 2.82. The van der Waals surface area contributed by atoms with Crippen LogP contribution in [0.15, 0.2) is 18.5 Å². The van der Waals surface area contributed by atoms with Gasteiger partial charge in [-0.3, -0.25) is 4.68 Å². The Kier molecular flexibility index (Phi) is 4.14. The number of anilines is 1. The molecule has 0 saturated carbocycles. The molecule has 0 bridgehead atoms. The van der Waals surface area contributed by atoms with E-state index < -0.39 is 0 Å². The fraction of sp³-hybridized carbons (Fsp3) is 0.500. The lowest BCUT2D eigenvalue weighted by atomic mass is 10.2. The van der Waals surface area contributed by atoms with Crippen molar-refractivity contribution in [1.82, 2.24) is 19.7 Å². The van der Waals surface area contributed by atoms with E-state index in [2.05, 4.69) is 41.2 Å². The summed E-state index contributed by atoms with van der Waals surface area (Å²) in [6.45, 7) is 7.26. The largest absolute Gasteiger partial charge is 0.370 e. The van der Waals surface area contributed by atoms with E-state index in [-0.39, 0.29) is 0 Å². The quantitative estimate of drug-likeness (QED) is 0.897. The highest BCUT2D eigenvalue weighted by Gasteiger charge is 2.10. The van der Waals surface area contributed by atoms with Gasteiger partial charge in [-0.05, 0) is 6.42 Å². The Balaban J connectivity index is 2.39. The van der Waals surface area contributed by atoms with Gasteiger partial charge in [0, 0.05) is 37.3 Å². The van der Waals surface area contributed by atoms with Crippen molar-refractivity contribution in [2.24, 2.45) is 7.05 Å². The van der Waals surface area contributed by atoms with Gasteiger partial charge in [-0.2, -0.15) is 5.10 Å². The molecule has 5 nitrogen and oxygen atoms in total. The van der Waals surface area contributed by atoms with Crippen LogP contribution < -0.4 is 5.32 Å². The van der Waals surface area contributed by atoms with E-state index in [0.29, 0.717) is 5.92 Å². The molecule has 0 aliphatic heterocycles. The van der Waals surface area contributed by atoms with E-state index in [9.17, 15) is 0 Å². The maximum atomic E-state index is 4.62. The molecule has 0 fully saturated rings. The molecule has 0 amide bonds. The van der Waals surface area contributed by atoms with Crippen molar-refractivity contribution >= 4 is 5.82 Å². The Morgan fingerprint density at radius 3 is 2.68 bits per heavy atom. The van der Waals surface area contributed by atoms with Crippen LogP contribution in [0.3, 0.4) is 0 Å². The SMILES string of the molecule is CCCNc1cc(-c2cnn(C)c2)nc(C(C)C)n1. The summed E-state index contributed by atoms with van der Waals surface area (Å²) in [6, 6.07) is 1.98. The Hall–Kier alpha value is -1.91. The molecule has 0 aromatic carbocycles. The van der Waals surface area contributed by atoms with Gasteiger partial charge in [-0.25, -0.2) is 9.97 Å². The normalized spacial score (nSPS) is 11.0. The number of hydrogen-bond donors (Lipinski definition) is 1. The number of nitrogens with one attached hydrogen (secondary N) is 1. The molecule has 102 valence electrons. The molecule has 0 radical (unpaired) electrons. The summed E-state index contributed by atoms with van der Waals surface area (Å²) in [4.78, 5) is 9.17. The first kappa shape index (κ1) is 13.5. The predicted molar refractivity (Wildman–Crippen MR) is 77.1 cm³/mol. The van der Waals surface area contributed by atoms with Crippen molar-refractivity contribution in [2.45, 2.75) is 33.1 Å². The minimum atomic E-state index is 0.304. The third kappa shape index (κ3) is 3.30. The number of hydrogen-bond acceptors (Lipinski definition) is 4. The van der Waals surface area contributed by atoms with Gasteiger partial charge < -0.3 is 5.32 Å². The van der Waals surface area contributed by atoms with Gasteiger partial charge in [0.15, 0.2) is 0 Å². The monoisotopic (exact) mass is 259 g/mol. The van der Waals surface area contributed by atoms with E-state index in [0.717, 1.165) is 35.9 Å². The molecule has 2 rings (SSSR count). The molecule has 19 heavy (non-hydrogen) atoms. The van der Waals surface area contributed by atoms with Crippen LogP contribution in [0.1, 0.15) is 38.9 Å². The Labute approximate surface area is 114 Å². The van der Waals surface area contributed by atoms with Crippen molar-refractivity contribution < 1.29 is 0 Å². The molecule has 5 heteroatoms. The summed E-state index contributed by atoms with van der Waals surface area (Å²) in [7, 11) is 1.91. The number of rotatable bonds is 5. The maximum absolute atomic E-state index is 4.62. The second-order valence-electron chi connectivity index (χ2n) is 4.98. The fourth-order valence-electron chi connectivity index (χ4n) is 1.77. The highest BCUT2D eigenvalue weighted by Crippen LogP contribution is 2.22. The van der Waals surface area contributed by atoms with Crippen LogP contribution >= 0.6 is 0 Å². The molecule has 0 aliphatic rings. The molecular formula is C14H21N5. The van der Waals surface area contributed by atoms with Gasteiger partial charge in [-0.1, -0.05) is 20.8 Å². The first-order valence-corrected chi connectivity index (χ1v) is 6.72. The van der Waals surface area contributed by atoms with Gasteiger partial charge in [0.05, 0.1) is 11.9 Å². The summed E-state index contributed by atoms with van der Waals surface area (Å²) in [5.41, 5.74) is 1.94. The van der Waals surface area contributed by atoms with Gasteiger partial charge in [0.2, 0.25) is 0 Å². The molecule has 2 aromatic heterocycles. The molecule has 0 saturated heterocycles. The predicted octanol–water partition coefficient (Wildman–Crippen LogP) is 2.82. The van der Waals surface area contributed by atoms with Crippen LogP contribution in [-0.2, 0) is 7.05 Å². The summed E-state index contributed by atoms with van der Waals surface area (Å²) < 4.78 is 1.78. The fourth-order valence-corrected chi connectivity index (χ4v) is 1.77. The number of aryl methyl sites for hydroxylation is 1. The van der Waals surface area contributed by atoms with Crippen molar-refractivity contribution in [3.63, 3.8) is 0 Å². The van der Waals surface area contributed by atoms with Crippen LogP contribution in [-0.4, -0.2) is 26.3 Å². The first-order valence-electron chi connectivity index (χ1n) is 6.72. The van der Waals surface area contributed by atoms with Gasteiger partial charge in [0.25, 0.3) is 0 Å². The lowest BCUT2D eigenvalue weighted by Gasteiger charge is -2.10. The van der Waals surface area contributed by atoms with Gasteiger partial charge in [-0.15, -0.1) is 0 Å². The van der Waals surface area contributed by atoms with Crippen molar-refractivity contribution in [1.29, 1.82) is 0 Å². The Morgan fingerprint density at radius 1 is 1.32 bits per heavy atom. The van der Waals surface area contributed by atoms with E-state index in [1.807, 2.05) is 25.5 Å². The summed E-state index contributed by atoms with van der Waals surface area (Å²) >= 11 is 0. The zero-order valence-electron chi connectivity index (χ0n) is 12.0. The third-order valence-electron chi connectivity index (χ3n) is 2.82. The minimum absolute atomic E-state index is 0.304. The van der Waals surface area contributed by atoms with Crippen molar-refractivity contribution in [3.8, 4) is 11.3 Å². The maximum Gasteiger partial charge on any atom is 0.133 e. The zero-order chi connectivity index (χ0) is 13.8. The molecule has 2 heterocycles. The van der Waals surface area contributed by atoms with Crippen LogP contribution in [0.25, 0.3) is 11.3 Å². The van der Waals surface area contributed by atoms with Crippen LogP contribution in [0.2, 0.25) is 0 Å². The molecular weight excluding hydrogens is 238 g/mol. The first-order chi connectivity index (χ1) is 9.10. The van der Waals surface area contributed by atoms with Crippen LogP contribution in [0.5, 0.6) is 0 Å². The number of aromatic nitrogens is 4. The standard InChI is InChI=1S/C14H21N5/c1-5-6-15-13-7-12(11-8-16-19(4)9-11)17-14(18-13)10(2)3/h7-10H,5-6H2,1-4H3,(H,15,17,18). The lowest BCUT2D eigenvalue weighted by Crippen LogP contribution is -2.07. The topological polar surface area (TPSA) is 55.6 Å². The van der Waals surface area contributed by atoms with Crippen molar-refractivity contribution in [2.75, 3.05) is 11.9 Å².